The molecule has 0 radical (unpaired) electrons. The van der Waals surface area contributed by atoms with Crippen molar-refractivity contribution < 1.29 is 15.0 Å². The Morgan fingerprint density at radius 1 is 1.35 bits per heavy atom. The Labute approximate surface area is 139 Å². The van der Waals surface area contributed by atoms with Crippen LogP contribution in [0, 0.1) is 0 Å². The summed E-state index contributed by atoms with van der Waals surface area (Å²) in [7, 11) is 0. The predicted octanol–water partition coefficient (Wildman–Crippen LogP) is 1.59. The maximum absolute atomic E-state index is 11.2. The summed E-state index contributed by atoms with van der Waals surface area (Å²) < 4.78 is 0. The summed E-state index contributed by atoms with van der Waals surface area (Å²) in [5.74, 6) is 0.865. The van der Waals surface area contributed by atoms with Gasteiger partial charge in [0, 0.05) is 25.2 Å². The number of piperidine rings is 1. The summed E-state index contributed by atoms with van der Waals surface area (Å²) >= 11 is 1.45. The molecule has 0 aromatic carbocycles. The molecule has 3 heterocycles. The largest absolute Gasteiger partial charge is 0.465 e. The highest BCUT2D eigenvalue weighted by atomic mass is 32.2. The topological polar surface area (TPSA) is 89.8 Å². The molecule has 1 aromatic rings. The zero-order valence-electron chi connectivity index (χ0n) is 13.4. The van der Waals surface area contributed by atoms with E-state index in [1.807, 2.05) is 13.2 Å². The number of aliphatic hydroxyl groups is 1. The number of anilines is 1. The van der Waals surface area contributed by atoms with Crippen molar-refractivity contribution in [2.45, 2.75) is 43.5 Å². The highest BCUT2D eigenvalue weighted by molar-refractivity contribution is 7.98. The number of hydrogen-bond acceptors (Lipinski definition) is 6. The lowest BCUT2D eigenvalue weighted by Crippen LogP contribution is -2.47. The summed E-state index contributed by atoms with van der Waals surface area (Å²) in [6, 6.07) is 0. The molecule has 1 unspecified atom stereocenters. The van der Waals surface area contributed by atoms with Crippen LogP contribution < -0.4 is 4.90 Å². The first-order valence-corrected chi connectivity index (χ1v) is 9.01. The van der Waals surface area contributed by atoms with Crippen LogP contribution in [-0.4, -0.2) is 62.7 Å². The molecule has 23 heavy (non-hydrogen) atoms. The zero-order valence-corrected chi connectivity index (χ0v) is 14.3. The van der Waals surface area contributed by atoms with Gasteiger partial charge in [-0.3, -0.25) is 0 Å². The van der Waals surface area contributed by atoms with E-state index >= 15 is 0 Å². The highest BCUT2D eigenvalue weighted by Gasteiger charge is 2.33. The standard InChI is InChI=1S/C15H22N4O3S/c1-15(22)5-3-6-19(9-15)12-10-4-7-18(14(20)21)8-11(10)16-13(17-12)23-2/h22H,3-9H2,1-2H3,(H,20,21). The van der Waals surface area contributed by atoms with E-state index in [2.05, 4.69) is 14.9 Å². The number of carboxylic acid groups (broad SMARTS) is 1. The van der Waals surface area contributed by atoms with Gasteiger partial charge in [-0.05, 0) is 32.4 Å². The Morgan fingerprint density at radius 3 is 2.78 bits per heavy atom. The number of β-amino-alcohol motifs (C(OH)–C–C–N with tert-alkyl or cyclic N) is 1. The van der Waals surface area contributed by atoms with Crippen molar-refractivity contribution in [1.82, 2.24) is 14.9 Å². The van der Waals surface area contributed by atoms with Crippen molar-refractivity contribution in [1.29, 1.82) is 0 Å². The molecular weight excluding hydrogens is 316 g/mol. The van der Waals surface area contributed by atoms with E-state index in [-0.39, 0.29) is 0 Å². The van der Waals surface area contributed by atoms with E-state index in [4.69, 9.17) is 0 Å². The van der Waals surface area contributed by atoms with Gasteiger partial charge in [-0.15, -0.1) is 0 Å². The molecule has 0 aliphatic carbocycles. The van der Waals surface area contributed by atoms with Crippen molar-refractivity contribution in [3.8, 4) is 0 Å². The molecular formula is C15H22N4O3S. The second kappa shape index (κ2) is 6.16. The average molecular weight is 338 g/mol. The summed E-state index contributed by atoms with van der Waals surface area (Å²) in [5, 5.41) is 20.2. The van der Waals surface area contributed by atoms with Gasteiger partial charge in [0.15, 0.2) is 5.16 Å². The Morgan fingerprint density at radius 2 is 2.13 bits per heavy atom. The number of aromatic nitrogens is 2. The third-order valence-corrected chi connectivity index (χ3v) is 5.00. The number of hydrogen-bond donors (Lipinski definition) is 2. The maximum Gasteiger partial charge on any atom is 0.407 e. The van der Waals surface area contributed by atoms with Crippen LogP contribution in [0.2, 0.25) is 0 Å². The fourth-order valence-corrected chi connectivity index (χ4v) is 3.68. The number of fused-ring (bicyclic) bond motifs is 1. The third-order valence-electron chi connectivity index (χ3n) is 4.45. The fraction of sp³-hybridized carbons (Fsp3) is 0.667. The summed E-state index contributed by atoms with van der Waals surface area (Å²) in [5.41, 5.74) is 1.10. The van der Waals surface area contributed by atoms with Crippen molar-refractivity contribution in [2.24, 2.45) is 0 Å². The average Bonchev–Trinajstić information content (AvgIpc) is 2.52. The Bertz CT molecular complexity index is 623. The van der Waals surface area contributed by atoms with Crippen LogP contribution in [0.15, 0.2) is 5.16 Å². The normalized spacial score (nSPS) is 24.5. The van der Waals surface area contributed by atoms with Crippen molar-refractivity contribution >= 4 is 23.7 Å². The first-order chi connectivity index (χ1) is 10.9. The SMILES string of the molecule is CSc1nc2c(c(N3CCCC(C)(O)C3)n1)CCN(C(=O)O)C2. The Balaban J connectivity index is 1.97. The van der Waals surface area contributed by atoms with Gasteiger partial charge in [0.2, 0.25) is 0 Å². The van der Waals surface area contributed by atoms with Gasteiger partial charge >= 0.3 is 6.09 Å². The van der Waals surface area contributed by atoms with Crippen molar-refractivity contribution in [2.75, 3.05) is 30.8 Å². The molecule has 2 aliphatic rings. The van der Waals surface area contributed by atoms with Gasteiger partial charge in [-0.25, -0.2) is 14.8 Å². The molecule has 1 amide bonds. The first-order valence-electron chi connectivity index (χ1n) is 7.78. The molecule has 8 heteroatoms. The zero-order chi connectivity index (χ0) is 16.6. The summed E-state index contributed by atoms with van der Waals surface area (Å²) in [6.45, 7) is 4.02. The van der Waals surface area contributed by atoms with Gasteiger partial charge in [-0.1, -0.05) is 11.8 Å². The van der Waals surface area contributed by atoms with Crippen molar-refractivity contribution in [3.63, 3.8) is 0 Å². The summed E-state index contributed by atoms with van der Waals surface area (Å²) in [4.78, 5) is 23.9. The van der Waals surface area contributed by atoms with E-state index in [9.17, 15) is 15.0 Å². The summed E-state index contributed by atoms with van der Waals surface area (Å²) in [6.07, 6.45) is 3.32. The minimum absolute atomic E-state index is 0.304. The second-order valence-electron chi connectivity index (χ2n) is 6.44. The van der Waals surface area contributed by atoms with E-state index in [0.717, 1.165) is 36.5 Å². The Hall–Kier alpha value is -1.54. The van der Waals surface area contributed by atoms with Gasteiger partial charge in [-0.2, -0.15) is 0 Å². The van der Waals surface area contributed by atoms with E-state index in [0.29, 0.717) is 31.2 Å². The predicted molar refractivity (Wildman–Crippen MR) is 88.0 cm³/mol. The first kappa shape index (κ1) is 16.3. The smallest absolute Gasteiger partial charge is 0.407 e. The molecule has 0 spiro atoms. The van der Waals surface area contributed by atoms with E-state index in [1.54, 1.807) is 0 Å². The second-order valence-corrected chi connectivity index (χ2v) is 7.21. The van der Waals surface area contributed by atoms with Gasteiger partial charge in [0.05, 0.1) is 17.8 Å². The van der Waals surface area contributed by atoms with E-state index < -0.39 is 11.7 Å². The molecule has 2 aliphatic heterocycles. The molecule has 0 bridgehead atoms. The van der Waals surface area contributed by atoms with E-state index in [1.165, 1.54) is 16.7 Å². The number of carbonyl (C=O) groups is 1. The van der Waals surface area contributed by atoms with Crippen molar-refractivity contribution in [3.05, 3.63) is 11.3 Å². The maximum atomic E-state index is 11.2. The molecule has 2 N–H and O–H groups in total. The van der Waals surface area contributed by atoms with Crippen LogP contribution in [0.3, 0.4) is 0 Å². The minimum Gasteiger partial charge on any atom is -0.465 e. The number of nitrogens with zero attached hydrogens (tertiary/aromatic N) is 4. The van der Waals surface area contributed by atoms with Crippen LogP contribution in [0.1, 0.15) is 31.0 Å². The lowest BCUT2D eigenvalue weighted by Gasteiger charge is -2.39. The fourth-order valence-electron chi connectivity index (χ4n) is 3.31. The molecule has 3 rings (SSSR count). The van der Waals surface area contributed by atoms with Gasteiger partial charge in [0.25, 0.3) is 0 Å². The van der Waals surface area contributed by atoms with Crippen LogP contribution >= 0.6 is 11.8 Å². The number of amides is 1. The minimum atomic E-state index is -0.914. The molecule has 0 saturated carbocycles. The van der Waals surface area contributed by atoms with Gasteiger partial charge in [0.1, 0.15) is 5.82 Å². The lowest BCUT2D eigenvalue weighted by atomic mass is 9.94. The molecule has 1 fully saturated rings. The highest BCUT2D eigenvalue weighted by Crippen LogP contribution is 2.32. The molecule has 126 valence electrons. The van der Waals surface area contributed by atoms with Crippen LogP contribution in [-0.2, 0) is 13.0 Å². The quantitative estimate of drug-likeness (QED) is 0.625. The number of rotatable bonds is 2. The lowest BCUT2D eigenvalue weighted by molar-refractivity contribution is 0.0446. The Kier molecular flexibility index (Phi) is 4.37. The van der Waals surface area contributed by atoms with Crippen LogP contribution in [0.4, 0.5) is 10.6 Å². The van der Waals surface area contributed by atoms with Crippen LogP contribution in [0.25, 0.3) is 0 Å². The number of thioether (sulfide) groups is 1. The molecule has 1 aromatic heterocycles. The molecule has 1 saturated heterocycles. The molecule has 1 atom stereocenters. The van der Waals surface area contributed by atoms with Crippen LogP contribution in [0.5, 0.6) is 0 Å². The van der Waals surface area contributed by atoms with Gasteiger partial charge < -0.3 is 20.0 Å². The monoisotopic (exact) mass is 338 g/mol. The molecule has 7 nitrogen and oxygen atoms in total. The third kappa shape index (κ3) is 3.37.